The van der Waals surface area contributed by atoms with Gasteiger partial charge in [-0.05, 0) is 42.5 Å². The third-order valence-electron chi connectivity index (χ3n) is 3.19. The van der Waals surface area contributed by atoms with Crippen LogP contribution in [0.4, 0.5) is 4.39 Å². The van der Waals surface area contributed by atoms with Gasteiger partial charge < -0.3 is 14.4 Å². The summed E-state index contributed by atoms with van der Waals surface area (Å²) in [6, 6.07) is 12.9. The van der Waals surface area contributed by atoms with E-state index in [0.717, 1.165) is 11.3 Å². The van der Waals surface area contributed by atoms with E-state index < -0.39 is 5.82 Å². The third kappa shape index (κ3) is 2.45. The van der Waals surface area contributed by atoms with Crippen LogP contribution in [0.15, 0.2) is 58.1 Å². The van der Waals surface area contributed by atoms with Gasteiger partial charge in [0.2, 0.25) is 0 Å². The molecule has 106 valence electrons. The van der Waals surface area contributed by atoms with E-state index in [2.05, 4.69) is 5.16 Å². The Hall–Kier alpha value is -2.82. The van der Waals surface area contributed by atoms with Crippen LogP contribution in [0.5, 0.6) is 5.75 Å². The number of hydrogen-bond donors (Lipinski definition) is 1. The Bertz CT molecular complexity index is 854. The van der Waals surface area contributed by atoms with Crippen molar-refractivity contribution in [2.24, 2.45) is 5.16 Å². The lowest BCUT2D eigenvalue weighted by Crippen LogP contribution is -2.03. The average Bonchev–Trinajstić information content (AvgIpc) is 2.54. The van der Waals surface area contributed by atoms with Gasteiger partial charge in [-0.3, -0.25) is 0 Å². The Kier molecular flexibility index (Phi) is 3.31. The second-order valence-electron chi connectivity index (χ2n) is 4.46. The van der Waals surface area contributed by atoms with Crippen molar-refractivity contribution in [2.75, 3.05) is 7.11 Å². The highest BCUT2D eigenvalue weighted by Crippen LogP contribution is 2.24. The number of hydrogen-bond acceptors (Lipinski definition) is 4. The normalized spacial score (nSPS) is 11.8. The van der Waals surface area contributed by atoms with Crippen LogP contribution >= 0.6 is 0 Å². The molecule has 0 radical (unpaired) electrons. The second kappa shape index (κ2) is 5.28. The zero-order valence-corrected chi connectivity index (χ0v) is 11.2. The Morgan fingerprint density at radius 1 is 1.10 bits per heavy atom. The molecule has 3 rings (SSSR count). The molecule has 0 saturated heterocycles. The molecule has 0 amide bonds. The van der Waals surface area contributed by atoms with Crippen molar-refractivity contribution >= 4 is 11.0 Å². The molecular weight excluding hydrogens is 273 g/mol. The number of nitrogens with zero attached hydrogens (tertiary/aromatic N) is 1. The van der Waals surface area contributed by atoms with Gasteiger partial charge in [-0.25, -0.2) is 4.39 Å². The SMILES string of the molecule is COc1ccc(-c2cc(=NO)c3cc(F)ccc3o2)cc1. The van der Waals surface area contributed by atoms with Crippen LogP contribution in [-0.4, -0.2) is 12.3 Å². The van der Waals surface area contributed by atoms with E-state index in [1.807, 2.05) is 12.1 Å². The first-order chi connectivity index (χ1) is 10.2. The molecule has 0 spiro atoms. The predicted octanol–water partition coefficient (Wildman–Crippen LogP) is 3.54. The van der Waals surface area contributed by atoms with Crippen molar-refractivity contribution in [1.82, 2.24) is 0 Å². The van der Waals surface area contributed by atoms with Crippen LogP contribution < -0.4 is 10.1 Å². The molecule has 21 heavy (non-hydrogen) atoms. The third-order valence-corrected chi connectivity index (χ3v) is 3.19. The minimum atomic E-state index is -0.417. The molecule has 3 aromatic rings. The first-order valence-corrected chi connectivity index (χ1v) is 6.27. The van der Waals surface area contributed by atoms with Crippen LogP contribution in [0.2, 0.25) is 0 Å². The molecule has 0 fully saturated rings. The molecule has 5 heteroatoms. The standard InChI is InChI=1S/C16H12FNO3/c1-20-12-5-2-10(3-6-12)16-9-14(18-19)13-8-11(17)4-7-15(13)21-16/h2-9,19H,1H3. The summed E-state index contributed by atoms with van der Waals surface area (Å²) in [5, 5.41) is 13.0. The largest absolute Gasteiger partial charge is 0.497 e. The molecule has 0 bridgehead atoms. The van der Waals surface area contributed by atoms with Crippen LogP contribution in [0, 0.1) is 5.82 Å². The highest BCUT2D eigenvalue weighted by molar-refractivity contribution is 5.78. The molecular formula is C16H12FNO3. The summed E-state index contributed by atoms with van der Waals surface area (Å²) in [6.45, 7) is 0. The maximum absolute atomic E-state index is 13.3. The zero-order valence-electron chi connectivity index (χ0n) is 11.2. The van der Waals surface area contributed by atoms with Crippen LogP contribution in [0.1, 0.15) is 0 Å². The summed E-state index contributed by atoms with van der Waals surface area (Å²) in [6.07, 6.45) is 0. The van der Waals surface area contributed by atoms with Gasteiger partial charge in [0.1, 0.15) is 28.3 Å². The van der Waals surface area contributed by atoms with E-state index in [0.29, 0.717) is 16.7 Å². The molecule has 0 saturated carbocycles. The Balaban J connectivity index is 2.21. The average molecular weight is 285 g/mol. The smallest absolute Gasteiger partial charge is 0.137 e. The summed E-state index contributed by atoms with van der Waals surface area (Å²) in [5.74, 6) is 0.832. The summed E-state index contributed by atoms with van der Waals surface area (Å²) in [4.78, 5) is 0. The fourth-order valence-corrected chi connectivity index (χ4v) is 2.12. The van der Waals surface area contributed by atoms with E-state index >= 15 is 0 Å². The molecule has 0 atom stereocenters. The van der Waals surface area contributed by atoms with Gasteiger partial charge in [0.15, 0.2) is 0 Å². The molecule has 1 heterocycles. The van der Waals surface area contributed by atoms with E-state index in [9.17, 15) is 4.39 Å². The van der Waals surface area contributed by atoms with Crippen molar-refractivity contribution < 1.29 is 18.8 Å². The minimum Gasteiger partial charge on any atom is -0.497 e. The number of benzene rings is 2. The van der Waals surface area contributed by atoms with Crippen LogP contribution in [0.3, 0.4) is 0 Å². The number of rotatable bonds is 2. The lowest BCUT2D eigenvalue weighted by molar-refractivity contribution is 0.302. The van der Waals surface area contributed by atoms with E-state index in [1.54, 1.807) is 25.3 Å². The van der Waals surface area contributed by atoms with Gasteiger partial charge in [-0.15, -0.1) is 0 Å². The summed E-state index contributed by atoms with van der Waals surface area (Å²) in [5.41, 5.74) is 1.24. The number of ether oxygens (including phenoxy) is 1. The highest BCUT2D eigenvalue weighted by Gasteiger charge is 2.07. The molecule has 4 nitrogen and oxygen atoms in total. The van der Waals surface area contributed by atoms with Crippen molar-refractivity contribution in [3.05, 3.63) is 59.7 Å². The Morgan fingerprint density at radius 3 is 2.52 bits per heavy atom. The minimum absolute atomic E-state index is 0.251. The maximum Gasteiger partial charge on any atom is 0.137 e. The lowest BCUT2D eigenvalue weighted by atomic mass is 10.1. The molecule has 1 aromatic heterocycles. The van der Waals surface area contributed by atoms with Gasteiger partial charge in [-0.1, -0.05) is 5.16 Å². The lowest BCUT2D eigenvalue weighted by Gasteiger charge is -2.05. The second-order valence-corrected chi connectivity index (χ2v) is 4.46. The van der Waals surface area contributed by atoms with Crippen molar-refractivity contribution in [3.8, 4) is 17.1 Å². The zero-order chi connectivity index (χ0) is 14.8. The van der Waals surface area contributed by atoms with E-state index in [-0.39, 0.29) is 5.36 Å². The molecule has 0 aliphatic rings. The number of halogens is 1. The van der Waals surface area contributed by atoms with E-state index in [1.165, 1.54) is 18.2 Å². The summed E-state index contributed by atoms with van der Waals surface area (Å²) in [7, 11) is 1.59. The maximum atomic E-state index is 13.3. The monoisotopic (exact) mass is 285 g/mol. The van der Waals surface area contributed by atoms with Crippen molar-refractivity contribution in [1.29, 1.82) is 0 Å². The summed E-state index contributed by atoms with van der Waals surface area (Å²) < 4.78 is 24.1. The predicted molar refractivity (Wildman–Crippen MR) is 75.5 cm³/mol. The van der Waals surface area contributed by atoms with Gasteiger partial charge in [-0.2, -0.15) is 0 Å². The first kappa shape index (κ1) is 13.2. The van der Waals surface area contributed by atoms with Gasteiger partial charge in [0, 0.05) is 17.0 Å². The molecule has 2 aromatic carbocycles. The number of methoxy groups -OCH3 is 1. The topological polar surface area (TPSA) is 55.0 Å². The first-order valence-electron chi connectivity index (χ1n) is 6.27. The fourth-order valence-electron chi connectivity index (χ4n) is 2.12. The van der Waals surface area contributed by atoms with Crippen molar-refractivity contribution in [3.63, 3.8) is 0 Å². The quantitative estimate of drug-likeness (QED) is 0.579. The Labute approximate surface area is 119 Å². The van der Waals surface area contributed by atoms with Gasteiger partial charge in [0.05, 0.1) is 7.11 Å². The van der Waals surface area contributed by atoms with Gasteiger partial charge in [0.25, 0.3) is 0 Å². The molecule has 0 unspecified atom stereocenters. The molecule has 1 N–H and O–H groups in total. The number of fused-ring (bicyclic) bond motifs is 1. The van der Waals surface area contributed by atoms with E-state index in [4.69, 9.17) is 14.4 Å². The highest BCUT2D eigenvalue weighted by atomic mass is 19.1. The molecule has 0 aliphatic heterocycles. The van der Waals surface area contributed by atoms with Crippen molar-refractivity contribution in [2.45, 2.75) is 0 Å². The van der Waals surface area contributed by atoms with Crippen LogP contribution in [-0.2, 0) is 0 Å². The van der Waals surface area contributed by atoms with Crippen LogP contribution in [0.25, 0.3) is 22.3 Å². The molecule has 0 aliphatic carbocycles. The van der Waals surface area contributed by atoms with Gasteiger partial charge >= 0.3 is 0 Å². The fraction of sp³-hybridized carbons (Fsp3) is 0.0625. The summed E-state index contributed by atoms with van der Waals surface area (Å²) >= 11 is 0. The Morgan fingerprint density at radius 2 is 1.86 bits per heavy atom.